The first-order chi connectivity index (χ1) is 8.57. The Morgan fingerprint density at radius 2 is 2.11 bits per heavy atom. The lowest BCUT2D eigenvalue weighted by Gasteiger charge is -2.22. The molecule has 1 saturated carbocycles. The van der Waals surface area contributed by atoms with Crippen molar-refractivity contribution in [2.45, 2.75) is 31.3 Å². The molecule has 4 nitrogen and oxygen atoms in total. The number of amides is 2. The third kappa shape index (κ3) is 3.43. The number of aliphatic hydroxyl groups is 1. The molecule has 0 atom stereocenters. The minimum absolute atomic E-state index is 0.230. The molecular formula is C13H17FN2O2. The monoisotopic (exact) mass is 252 g/mol. The molecule has 98 valence electrons. The van der Waals surface area contributed by atoms with E-state index in [-0.39, 0.29) is 6.54 Å². The number of carbonyl (C=O) groups is 1. The van der Waals surface area contributed by atoms with Gasteiger partial charge < -0.3 is 15.7 Å². The van der Waals surface area contributed by atoms with Crippen LogP contribution >= 0.6 is 0 Å². The molecular weight excluding hydrogens is 235 g/mol. The summed E-state index contributed by atoms with van der Waals surface area (Å²) >= 11 is 0. The van der Waals surface area contributed by atoms with Crippen molar-refractivity contribution in [3.63, 3.8) is 0 Å². The van der Waals surface area contributed by atoms with E-state index in [0.717, 1.165) is 12.8 Å². The molecule has 1 aromatic rings. The summed E-state index contributed by atoms with van der Waals surface area (Å²) in [5.74, 6) is -0.401. The van der Waals surface area contributed by atoms with Gasteiger partial charge in [0.25, 0.3) is 0 Å². The summed E-state index contributed by atoms with van der Waals surface area (Å²) in [5, 5.41) is 15.2. The Hall–Kier alpha value is -1.62. The summed E-state index contributed by atoms with van der Waals surface area (Å²) < 4.78 is 12.9. The van der Waals surface area contributed by atoms with Crippen molar-refractivity contribution < 1.29 is 14.3 Å². The number of hydrogen-bond donors (Lipinski definition) is 3. The van der Waals surface area contributed by atoms with Crippen molar-refractivity contribution >= 4 is 11.7 Å². The summed E-state index contributed by atoms with van der Waals surface area (Å²) in [6.07, 6.45) is 3.41. The van der Waals surface area contributed by atoms with Gasteiger partial charge in [0.1, 0.15) is 5.82 Å². The lowest BCUT2D eigenvalue weighted by molar-refractivity contribution is 0.0506. The number of urea groups is 1. The van der Waals surface area contributed by atoms with Crippen molar-refractivity contribution in [1.29, 1.82) is 0 Å². The van der Waals surface area contributed by atoms with Gasteiger partial charge in [-0.15, -0.1) is 0 Å². The summed E-state index contributed by atoms with van der Waals surface area (Å²) in [7, 11) is 0. The maximum absolute atomic E-state index is 12.9. The number of anilines is 1. The second kappa shape index (κ2) is 5.35. The fraction of sp³-hybridized carbons (Fsp3) is 0.462. The maximum Gasteiger partial charge on any atom is 0.319 e. The van der Waals surface area contributed by atoms with Crippen LogP contribution in [0.25, 0.3) is 0 Å². The van der Waals surface area contributed by atoms with Crippen LogP contribution in [0.1, 0.15) is 25.7 Å². The van der Waals surface area contributed by atoms with Gasteiger partial charge in [-0.25, -0.2) is 9.18 Å². The van der Waals surface area contributed by atoms with Crippen LogP contribution in [0.3, 0.4) is 0 Å². The normalized spacial score (nSPS) is 17.4. The lowest BCUT2D eigenvalue weighted by atomic mass is 10.0. The highest BCUT2D eigenvalue weighted by Gasteiger charge is 2.31. The van der Waals surface area contributed by atoms with Crippen LogP contribution in [0.2, 0.25) is 0 Å². The molecule has 0 saturated heterocycles. The fourth-order valence-corrected chi connectivity index (χ4v) is 2.20. The van der Waals surface area contributed by atoms with Crippen LogP contribution in [0.4, 0.5) is 14.9 Å². The topological polar surface area (TPSA) is 61.4 Å². The quantitative estimate of drug-likeness (QED) is 0.772. The Bertz CT molecular complexity index is 431. The molecule has 2 rings (SSSR count). The van der Waals surface area contributed by atoms with Gasteiger partial charge in [0.05, 0.1) is 5.60 Å². The van der Waals surface area contributed by atoms with Crippen molar-refractivity contribution in [2.75, 3.05) is 11.9 Å². The van der Waals surface area contributed by atoms with E-state index in [1.165, 1.54) is 18.2 Å². The second-order valence-electron chi connectivity index (χ2n) is 4.75. The van der Waals surface area contributed by atoms with Crippen LogP contribution in [0, 0.1) is 5.82 Å². The molecule has 1 aliphatic carbocycles. The van der Waals surface area contributed by atoms with E-state index in [9.17, 15) is 14.3 Å². The molecule has 1 fully saturated rings. The highest BCUT2D eigenvalue weighted by Crippen LogP contribution is 2.28. The first-order valence-electron chi connectivity index (χ1n) is 6.10. The average Bonchev–Trinajstić information content (AvgIpc) is 2.74. The second-order valence-corrected chi connectivity index (χ2v) is 4.75. The van der Waals surface area contributed by atoms with E-state index < -0.39 is 17.4 Å². The molecule has 1 aromatic carbocycles. The Morgan fingerprint density at radius 3 is 2.78 bits per heavy atom. The van der Waals surface area contributed by atoms with Crippen molar-refractivity contribution in [2.24, 2.45) is 0 Å². The minimum atomic E-state index is -0.778. The van der Waals surface area contributed by atoms with Gasteiger partial charge >= 0.3 is 6.03 Å². The largest absolute Gasteiger partial charge is 0.388 e. The van der Waals surface area contributed by atoms with Crippen LogP contribution in [-0.2, 0) is 0 Å². The molecule has 18 heavy (non-hydrogen) atoms. The molecule has 0 aromatic heterocycles. The first-order valence-corrected chi connectivity index (χ1v) is 6.10. The Morgan fingerprint density at radius 1 is 1.39 bits per heavy atom. The first kappa shape index (κ1) is 12.8. The van der Waals surface area contributed by atoms with E-state index in [1.54, 1.807) is 6.07 Å². The smallest absolute Gasteiger partial charge is 0.319 e. The number of rotatable bonds is 3. The van der Waals surface area contributed by atoms with Gasteiger partial charge in [-0.1, -0.05) is 18.9 Å². The predicted octanol–water partition coefficient (Wildman–Crippen LogP) is 2.25. The Balaban J connectivity index is 1.82. The molecule has 3 N–H and O–H groups in total. The van der Waals surface area contributed by atoms with Gasteiger partial charge in [0.15, 0.2) is 0 Å². The van der Waals surface area contributed by atoms with E-state index in [0.29, 0.717) is 18.5 Å². The molecule has 0 aliphatic heterocycles. The maximum atomic E-state index is 12.9. The minimum Gasteiger partial charge on any atom is -0.388 e. The highest BCUT2D eigenvalue weighted by molar-refractivity contribution is 5.89. The third-order valence-electron chi connectivity index (χ3n) is 3.19. The number of nitrogens with one attached hydrogen (secondary N) is 2. The standard InChI is InChI=1S/C13H17FN2O2/c14-10-4-3-5-11(8-10)16-12(17)15-9-13(18)6-1-2-7-13/h3-5,8,18H,1-2,6-7,9H2,(H2,15,16,17). The molecule has 0 heterocycles. The molecule has 2 amide bonds. The SMILES string of the molecule is O=C(NCC1(O)CCCC1)Nc1cccc(F)c1. The molecule has 1 aliphatic rings. The number of benzene rings is 1. The fourth-order valence-electron chi connectivity index (χ4n) is 2.20. The van der Waals surface area contributed by atoms with Crippen molar-refractivity contribution in [3.8, 4) is 0 Å². The van der Waals surface area contributed by atoms with E-state index in [4.69, 9.17) is 0 Å². The van der Waals surface area contributed by atoms with Crippen molar-refractivity contribution in [1.82, 2.24) is 5.32 Å². The van der Waals surface area contributed by atoms with Gasteiger partial charge in [-0.2, -0.15) is 0 Å². The van der Waals surface area contributed by atoms with Gasteiger partial charge in [-0.05, 0) is 31.0 Å². The molecule has 0 radical (unpaired) electrons. The van der Waals surface area contributed by atoms with Crippen LogP contribution in [-0.4, -0.2) is 23.3 Å². The summed E-state index contributed by atoms with van der Waals surface area (Å²) in [5.41, 5.74) is -0.384. The molecule has 0 spiro atoms. The molecule has 0 unspecified atom stereocenters. The number of carbonyl (C=O) groups excluding carboxylic acids is 1. The predicted molar refractivity (Wildman–Crippen MR) is 66.8 cm³/mol. The van der Waals surface area contributed by atoms with Crippen LogP contribution in [0.5, 0.6) is 0 Å². The lowest BCUT2D eigenvalue weighted by Crippen LogP contribution is -2.42. The zero-order chi connectivity index (χ0) is 13.0. The van der Waals surface area contributed by atoms with Gasteiger partial charge in [0, 0.05) is 12.2 Å². The average molecular weight is 252 g/mol. The Kier molecular flexibility index (Phi) is 3.81. The van der Waals surface area contributed by atoms with Crippen LogP contribution < -0.4 is 10.6 Å². The van der Waals surface area contributed by atoms with E-state index in [2.05, 4.69) is 10.6 Å². The van der Waals surface area contributed by atoms with Gasteiger partial charge in [0.2, 0.25) is 0 Å². The Labute approximate surface area is 105 Å². The highest BCUT2D eigenvalue weighted by atomic mass is 19.1. The van der Waals surface area contributed by atoms with Crippen LogP contribution in [0.15, 0.2) is 24.3 Å². The number of halogens is 1. The zero-order valence-electron chi connectivity index (χ0n) is 10.1. The van der Waals surface area contributed by atoms with Crippen molar-refractivity contribution in [3.05, 3.63) is 30.1 Å². The molecule has 5 heteroatoms. The summed E-state index contributed by atoms with van der Waals surface area (Å²) in [4.78, 5) is 11.6. The zero-order valence-corrected chi connectivity index (χ0v) is 10.1. The van der Waals surface area contributed by atoms with E-state index in [1.807, 2.05) is 0 Å². The summed E-state index contributed by atoms with van der Waals surface area (Å²) in [6, 6.07) is 5.25. The molecule has 0 bridgehead atoms. The summed E-state index contributed by atoms with van der Waals surface area (Å²) in [6.45, 7) is 0.230. The van der Waals surface area contributed by atoms with E-state index >= 15 is 0 Å². The van der Waals surface area contributed by atoms with Gasteiger partial charge in [-0.3, -0.25) is 0 Å². The third-order valence-corrected chi connectivity index (χ3v) is 3.19. The number of hydrogen-bond acceptors (Lipinski definition) is 2.